The van der Waals surface area contributed by atoms with Crippen molar-refractivity contribution >= 4 is 20.9 Å². The second kappa shape index (κ2) is 6.98. The lowest BCUT2D eigenvalue weighted by molar-refractivity contribution is 0.517. The van der Waals surface area contributed by atoms with E-state index in [4.69, 9.17) is 5.73 Å². The maximum atomic E-state index is 12.6. The van der Waals surface area contributed by atoms with Crippen LogP contribution in [0.25, 0.3) is 10.9 Å². The number of pyridine rings is 1. The van der Waals surface area contributed by atoms with Gasteiger partial charge in [0.1, 0.15) is 0 Å². The number of nitrogens with two attached hydrogens (primary N) is 1. The molecular weight excluding hydrogens is 286 g/mol. The summed E-state index contributed by atoms with van der Waals surface area (Å²) in [6, 6.07) is 8.36. The highest BCUT2D eigenvalue weighted by molar-refractivity contribution is 7.89. The van der Waals surface area contributed by atoms with Crippen LogP contribution in [0, 0.1) is 0 Å². The van der Waals surface area contributed by atoms with E-state index < -0.39 is 10.0 Å². The van der Waals surface area contributed by atoms with Gasteiger partial charge in [0.25, 0.3) is 0 Å². The number of hydrogen-bond donors (Lipinski definition) is 2. The maximum absolute atomic E-state index is 12.6. The molecule has 0 aliphatic rings. The van der Waals surface area contributed by atoms with Crippen LogP contribution in [0.3, 0.4) is 0 Å². The molecule has 0 fully saturated rings. The molecule has 114 valence electrons. The molecule has 0 spiro atoms. The Bertz CT molecular complexity index is 696. The fourth-order valence-electron chi connectivity index (χ4n) is 2.27. The van der Waals surface area contributed by atoms with Crippen LogP contribution >= 0.6 is 0 Å². The number of sulfonamides is 1. The van der Waals surface area contributed by atoms with E-state index in [0.717, 1.165) is 19.3 Å². The summed E-state index contributed by atoms with van der Waals surface area (Å²) in [5, 5.41) is 0.624. The molecule has 1 atom stereocenters. The van der Waals surface area contributed by atoms with Gasteiger partial charge in [-0.1, -0.05) is 25.8 Å². The second-order valence-corrected chi connectivity index (χ2v) is 6.70. The van der Waals surface area contributed by atoms with Crippen molar-refractivity contribution in [3.05, 3.63) is 36.5 Å². The molecule has 0 bridgehead atoms. The molecule has 0 radical (unpaired) electrons. The average molecular weight is 307 g/mol. The monoisotopic (exact) mass is 307 g/mol. The van der Waals surface area contributed by atoms with Crippen molar-refractivity contribution in [1.29, 1.82) is 0 Å². The summed E-state index contributed by atoms with van der Waals surface area (Å²) in [5.41, 5.74) is 6.34. The van der Waals surface area contributed by atoms with Gasteiger partial charge >= 0.3 is 0 Å². The van der Waals surface area contributed by atoms with Crippen LogP contribution in [0.1, 0.15) is 26.2 Å². The van der Waals surface area contributed by atoms with Crippen LogP contribution in [0.5, 0.6) is 0 Å². The number of hydrogen-bond acceptors (Lipinski definition) is 4. The third kappa shape index (κ3) is 3.78. The summed E-state index contributed by atoms with van der Waals surface area (Å²) in [4.78, 5) is 4.44. The fraction of sp³-hybridized carbons (Fsp3) is 0.400. The Morgan fingerprint density at radius 1 is 1.29 bits per heavy atom. The zero-order chi connectivity index (χ0) is 15.3. The van der Waals surface area contributed by atoms with Gasteiger partial charge in [-0.25, -0.2) is 13.1 Å². The van der Waals surface area contributed by atoms with E-state index in [2.05, 4.69) is 16.6 Å². The molecule has 5 nitrogen and oxygen atoms in total. The summed E-state index contributed by atoms with van der Waals surface area (Å²) in [5.74, 6) is 0. The van der Waals surface area contributed by atoms with E-state index in [1.165, 1.54) is 0 Å². The first-order valence-corrected chi connectivity index (χ1v) is 8.63. The Morgan fingerprint density at radius 2 is 2.10 bits per heavy atom. The first-order chi connectivity index (χ1) is 10.1. The first-order valence-electron chi connectivity index (χ1n) is 7.14. The number of nitrogens with one attached hydrogen (secondary N) is 1. The molecule has 21 heavy (non-hydrogen) atoms. The molecule has 1 aromatic carbocycles. The van der Waals surface area contributed by atoms with Crippen molar-refractivity contribution in [3.8, 4) is 0 Å². The molecule has 0 amide bonds. The fourth-order valence-corrected chi connectivity index (χ4v) is 3.77. The van der Waals surface area contributed by atoms with Gasteiger partial charge in [-0.3, -0.25) is 4.98 Å². The Hall–Kier alpha value is -1.50. The van der Waals surface area contributed by atoms with Gasteiger partial charge in [0, 0.05) is 24.2 Å². The molecule has 6 heteroatoms. The molecule has 0 aliphatic heterocycles. The summed E-state index contributed by atoms with van der Waals surface area (Å²) in [7, 11) is -3.60. The van der Waals surface area contributed by atoms with E-state index in [9.17, 15) is 8.42 Å². The van der Waals surface area contributed by atoms with Crippen LogP contribution in [0.15, 0.2) is 41.4 Å². The highest BCUT2D eigenvalue weighted by Gasteiger charge is 2.21. The zero-order valence-electron chi connectivity index (χ0n) is 12.1. The van der Waals surface area contributed by atoms with Crippen LogP contribution in [-0.2, 0) is 10.0 Å². The minimum Gasteiger partial charge on any atom is -0.329 e. The third-order valence-electron chi connectivity index (χ3n) is 3.41. The van der Waals surface area contributed by atoms with E-state index in [0.29, 0.717) is 17.4 Å². The second-order valence-electron chi connectivity index (χ2n) is 5.02. The average Bonchev–Trinajstić information content (AvgIpc) is 2.50. The topological polar surface area (TPSA) is 85.1 Å². The molecule has 1 heterocycles. The zero-order valence-corrected chi connectivity index (χ0v) is 12.9. The number of aromatic nitrogens is 1. The Kier molecular flexibility index (Phi) is 5.27. The maximum Gasteiger partial charge on any atom is 0.241 e. The van der Waals surface area contributed by atoms with E-state index >= 15 is 0 Å². The number of rotatable bonds is 7. The summed E-state index contributed by atoms with van der Waals surface area (Å²) < 4.78 is 27.9. The predicted molar refractivity (Wildman–Crippen MR) is 84.4 cm³/mol. The largest absolute Gasteiger partial charge is 0.329 e. The lowest BCUT2D eigenvalue weighted by Gasteiger charge is -2.17. The SMILES string of the molecule is CCCCC(CN)NS(=O)(=O)c1cccc2ncccc12. The highest BCUT2D eigenvalue weighted by atomic mass is 32.2. The van der Waals surface area contributed by atoms with Gasteiger partial charge in [0.15, 0.2) is 0 Å². The third-order valence-corrected chi connectivity index (χ3v) is 4.99. The lowest BCUT2D eigenvalue weighted by atomic mass is 10.1. The smallest absolute Gasteiger partial charge is 0.241 e. The van der Waals surface area contributed by atoms with Crippen molar-refractivity contribution in [2.75, 3.05) is 6.54 Å². The van der Waals surface area contributed by atoms with Gasteiger partial charge in [-0.15, -0.1) is 0 Å². The van der Waals surface area contributed by atoms with Crippen molar-refractivity contribution < 1.29 is 8.42 Å². The molecule has 2 aromatic rings. The molecule has 0 saturated carbocycles. The van der Waals surface area contributed by atoms with Gasteiger partial charge in [-0.2, -0.15) is 0 Å². The number of benzene rings is 1. The quantitative estimate of drug-likeness (QED) is 0.819. The molecule has 3 N–H and O–H groups in total. The summed E-state index contributed by atoms with van der Waals surface area (Å²) >= 11 is 0. The minimum atomic E-state index is -3.60. The Morgan fingerprint density at radius 3 is 2.81 bits per heavy atom. The highest BCUT2D eigenvalue weighted by Crippen LogP contribution is 2.21. The molecule has 1 aromatic heterocycles. The minimum absolute atomic E-state index is 0.234. The van der Waals surface area contributed by atoms with E-state index in [-0.39, 0.29) is 10.9 Å². The van der Waals surface area contributed by atoms with E-state index in [1.807, 2.05) is 0 Å². The summed E-state index contributed by atoms with van der Waals surface area (Å²) in [6.45, 7) is 2.36. The van der Waals surface area contributed by atoms with E-state index in [1.54, 1.807) is 36.5 Å². The normalized spacial score (nSPS) is 13.4. The summed E-state index contributed by atoms with van der Waals surface area (Å²) in [6.07, 6.45) is 4.35. The van der Waals surface area contributed by atoms with Crippen molar-refractivity contribution in [2.45, 2.75) is 37.1 Å². The molecule has 1 unspecified atom stereocenters. The predicted octanol–water partition coefficient (Wildman–Crippen LogP) is 2.03. The number of fused-ring (bicyclic) bond motifs is 1. The van der Waals surface area contributed by atoms with Crippen molar-refractivity contribution in [1.82, 2.24) is 9.71 Å². The van der Waals surface area contributed by atoms with Gasteiger partial charge in [-0.05, 0) is 30.7 Å². The Balaban J connectivity index is 2.33. The van der Waals surface area contributed by atoms with Crippen LogP contribution in [0.2, 0.25) is 0 Å². The standard InChI is InChI=1S/C15H21N3O2S/c1-2-3-6-12(11-16)18-21(19,20)15-9-4-8-14-13(15)7-5-10-17-14/h4-5,7-10,12,18H,2-3,6,11,16H2,1H3. The Labute approximate surface area is 125 Å². The van der Waals surface area contributed by atoms with Crippen LogP contribution in [-0.4, -0.2) is 26.0 Å². The number of unbranched alkanes of at least 4 members (excludes halogenated alkanes) is 1. The number of nitrogens with zero attached hydrogens (tertiary/aromatic N) is 1. The molecule has 0 saturated heterocycles. The van der Waals surface area contributed by atoms with Crippen LogP contribution < -0.4 is 10.5 Å². The first kappa shape index (κ1) is 15.9. The van der Waals surface area contributed by atoms with Crippen LogP contribution in [0.4, 0.5) is 0 Å². The van der Waals surface area contributed by atoms with Gasteiger partial charge in [0.05, 0.1) is 10.4 Å². The van der Waals surface area contributed by atoms with Gasteiger partial charge < -0.3 is 5.73 Å². The molecule has 2 rings (SSSR count). The van der Waals surface area contributed by atoms with Gasteiger partial charge in [0.2, 0.25) is 10.0 Å². The molecule has 0 aliphatic carbocycles. The lowest BCUT2D eigenvalue weighted by Crippen LogP contribution is -2.40. The van der Waals surface area contributed by atoms with Crippen molar-refractivity contribution in [3.63, 3.8) is 0 Å². The van der Waals surface area contributed by atoms with Crippen molar-refractivity contribution in [2.24, 2.45) is 5.73 Å². The molecular formula is C15H21N3O2S.